The zero-order valence-electron chi connectivity index (χ0n) is 14.6. The first-order valence-corrected chi connectivity index (χ1v) is 8.63. The maximum Gasteiger partial charge on any atom is 0.227 e. The van der Waals surface area contributed by atoms with Crippen LogP contribution in [-0.4, -0.2) is 25.0 Å². The van der Waals surface area contributed by atoms with Gasteiger partial charge in [-0.2, -0.15) is 0 Å². The van der Waals surface area contributed by atoms with Crippen LogP contribution in [0.25, 0.3) is 0 Å². The molecule has 0 spiro atoms. The Bertz CT molecular complexity index is 792. The van der Waals surface area contributed by atoms with E-state index < -0.39 is 5.92 Å². The van der Waals surface area contributed by atoms with E-state index in [0.717, 1.165) is 11.4 Å². The van der Waals surface area contributed by atoms with E-state index in [-0.39, 0.29) is 30.6 Å². The van der Waals surface area contributed by atoms with Crippen molar-refractivity contribution < 1.29 is 18.7 Å². The molecule has 1 atom stereocenters. The van der Waals surface area contributed by atoms with Gasteiger partial charge in [-0.15, -0.1) is 0 Å². The van der Waals surface area contributed by atoms with E-state index in [4.69, 9.17) is 4.74 Å². The van der Waals surface area contributed by atoms with Gasteiger partial charge in [-0.25, -0.2) is 4.39 Å². The summed E-state index contributed by atoms with van der Waals surface area (Å²) < 4.78 is 19.0. The molecule has 3 rings (SSSR count). The van der Waals surface area contributed by atoms with Gasteiger partial charge >= 0.3 is 0 Å². The molecule has 1 aliphatic heterocycles. The van der Waals surface area contributed by atoms with Gasteiger partial charge in [0.2, 0.25) is 11.8 Å². The highest BCUT2D eigenvalue weighted by Gasteiger charge is 2.35. The van der Waals surface area contributed by atoms with Crippen LogP contribution in [0.5, 0.6) is 5.75 Å². The molecule has 0 aliphatic carbocycles. The Morgan fingerprint density at radius 1 is 1.23 bits per heavy atom. The number of ether oxygens (including phenoxy) is 1. The molecule has 2 aromatic rings. The van der Waals surface area contributed by atoms with Crippen LogP contribution in [0.2, 0.25) is 0 Å². The third-order valence-corrected chi connectivity index (χ3v) is 4.37. The number of halogens is 1. The minimum Gasteiger partial charge on any atom is -0.494 e. The quantitative estimate of drug-likeness (QED) is 0.866. The SMILES string of the molecule is CCOc1ccc(N2C[C@H](C(=O)NCc3ccccc3F)CC2=O)cc1. The van der Waals surface area contributed by atoms with Gasteiger partial charge in [0.05, 0.1) is 12.5 Å². The van der Waals surface area contributed by atoms with Gasteiger partial charge in [0.25, 0.3) is 0 Å². The summed E-state index contributed by atoms with van der Waals surface area (Å²) in [5.74, 6) is -0.399. The molecule has 136 valence electrons. The summed E-state index contributed by atoms with van der Waals surface area (Å²) >= 11 is 0. The van der Waals surface area contributed by atoms with Crippen molar-refractivity contribution in [1.29, 1.82) is 0 Å². The maximum absolute atomic E-state index is 13.6. The Labute approximate surface area is 151 Å². The summed E-state index contributed by atoms with van der Waals surface area (Å²) in [6.07, 6.45) is 0.149. The second kappa shape index (κ2) is 7.99. The largest absolute Gasteiger partial charge is 0.494 e. The highest BCUT2D eigenvalue weighted by Crippen LogP contribution is 2.27. The van der Waals surface area contributed by atoms with Crippen molar-refractivity contribution >= 4 is 17.5 Å². The van der Waals surface area contributed by atoms with Crippen LogP contribution in [0.1, 0.15) is 18.9 Å². The zero-order chi connectivity index (χ0) is 18.5. The van der Waals surface area contributed by atoms with Crippen LogP contribution in [0.15, 0.2) is 48.5 Å². The van der Waals surface area contributed by atoms with Crippen molar-refractivity contribution in [3.8, 4) is 5.75 Å². The van der Waals surface area contributed by atoms with E-state index in [1.54, 1.807) is 35.2 Å². The van der Waals surface area contributed by atoms with E-state index in [1.807, 2.05) is 19.1 Å². The van der Waals surface area contributed by atoms with Crippen molar-refractivity contribution in [3.05, 3.63) is 59.9 Å². The van der Waals surface area contributed by atoms with Gasteiger partial charge in [0.1, 0.15) is 11.6 Å². The lowest BCUT2D eigenvalue weighted by atomic mass is 10.1. The van der Waals surface area contributed by atoms with Gasteiger partial charge in [0.15, 0.2) is 0 Å². The number of hydrogen-bond donors (Lipinski definition) is 1. The van der Waals surface area contributed by atoms with Gasteiger partial charge < -0.3 is 15.0 Å². The Hall–Kier alpha value is -2.89. The minimum atomic E-state index is -0.444. The molecular formula is C20H21FN2O3. The maximum atomic E-state index is 13.6. The molecule has 1 heterocycles. The molecule has 1 saturated heterocycles. The Morgan fingerprint density at radius 2 is 1.96 bits per heavy atom. The Kier molecular flexibility index (Phi) is 5.51. The minimum absolute atomic E-state index is 0.0970. The smallest absolute Gasteiger partial charge is 0.227 e. The zero-order valence-corrected chi connectivity index (χ0v) is 14.6. The number of anilines is 1. The van der Waals surface area contributed by atoms with Crippen LogP contribution in [0, 0.1) is 11.7 Å². The topological polar surface area (TPSA) is 58.6 Å². The van der Waals surface area contributed by atoms with Gasteiger partial charge in [0, 0.05) is 30.8 Å². The number of carbonyl (C=O) groups excluding carboxylic acids is 2. The highest BCUT2D eigenvalue weighted by atomic mass is 19.1. The first-order chi connectivity index (χ1) is 12.6. The molecule has 6 heteroatoms. The Morgan fingerprint density at radius 3 is 2.65 bits per heavy atom. The van der Waals surface area contributed by atoms with E-state index in [9.17, 15) is 14.0 Å². The molecule has 0 radical (unpaired) electrons. The van der Waals surface area contributed by atoms with Crippen LogP contribution in [0.4, 0.5) is 10.1 Å². The predicted octanol–water partition coefficient (Wildman–Crippen LogP) is 2.89. The average molecular weight is 356 g/mol. The van der Waals surface area contributed by atoms with Crippen LogP contribution in [-0.2, 0) is 16.1 Å². The lowest BCUT2D eigenvalue weighted by Crippen LogP contribution is -2.32. The molecule has 0 aromatic heterocycles. The van der Waals surface area contributed by atoms with Crippen LogP contribution in [0.3, 0.4) is 0 Å². The molecule has 1 aliphatic rings. The van der Waals surface area contributed by atoms with Gasteiger partial charge in [-0.3, -0.25) is 9.59 Å². The van der Waals surface area contributed by atoms with Crippen molar-refractivity contribution in [2.24, 2.45) is 5.92 Å². The number of rotatable bonds is 6. The molecule has 2 amide bonds. The van der Waals surface area contributed by atoms with E-state index in [1.165, 1.54) is 6.07 Å². The van der Waals surface area contributed by atoms with Crippen molar-refractivity contribution in [2.45, 2.75) is 19.9 Å². The summed E-state index contributed by atoms with van der Waals surface area (Å²) in [5, 5.41) is 2.72. The number of carbonyl (C=O) groups is 2. The summed E-state index contributed by atoms with van der Waals surface area (Å²) in [7, 11) is 0. The number of hydrogen-bond acceptors (Lipinski definition) is 3. The molecule has 5 nitrogen and oxygen atoms in total. The number of benzene rings is 2. The lowest BCUT2D eigenvalue weighted by Gasteiger charge is -2.17. The normalized spacial score (nSPS) is 16.6. The van der Waals surface area contributed by atoms with Crippen LogP contribution < -0.4 is 15.0 Å². The van der Waals surface area contributed by atoms with Gasteiger partial charge in [-0.05, 0) is 37.3 Å². The standard InChI is InChI=1S/C20H21FN2O3/c1-2-26-17-9-7-16(8-10-17)23-13-15(11-19(23)24)20(25)22-12-14-5-3-4-6-18(14)21/h3-10,15H,2,11-13H2,1H3,(H,22,25)/t15-/m1/s1. The molecular weight excluding hydrogens is 335 g/mol. The number of amides is 2. The molecule has 0 saturated carbocycles. The fourth-order valence-corrected chi connectivity index (χ4v) is 2.99. The average Bonchev–Trinajstić information content (AvgIpc) is 3.03. The van der Waals surface area contributed by atoms with Crippen molar-refractivity contribution in [3.63, 3.8) is 0 Å². The number of nitrogens with one attached hydrogen (secondary N) is 1. The first-order valence-electron chi connectivity index (χ1n) is 8.63. The molecule has 26 heavy (non-hydrogen) atoms. The van der Waals surface area contributed by atoms with E-state index >= 15 is 0 Å². The molecule has 1 N–H and O–H groups in total. The second-order valence-corrected chi connectivity index (χ2v) is 6.14. The fourth-order valence-electron chi connectivity index (χ4n) is 2.99. The molecule has 1 fully saturated rings. The highest BCUT2D eigenvalue weighted by molar-refractivity contribution is 6.00. The first kappa shape index (κ1) is 17.9. The lowest BCUT2D eigenvalue weighted by molar-refractivity contribution is -0.126. The molecule has 0 unspecified atom stereocenters. The third-order valence-electron chi connectivity index (χ3n) is 4.37. The van der Waals surface area contributed by atoms with Crippen LogP contribution >= 0.6 is 0 Å². The summed E-state index contributed by atoms with van der Waals surface area (Å²) in [4.78, 5) is 26.2. The number of nitrogens with zero attached hydrogens (tertiary/aromatic N) is 1. The molecule has 2 aromatic carbocycles. The summed E-state index contributed by atoms with van der Waals surface area (Å²) in [6, 6.07) is 13.5. The van der Waals surface area contributed by atoms with Crippen molar-refractivity contribution in [1.82, 2.24) is 5.32 Å². The fraction of sp³-hybridized carbons (Fsp3) is 0.300. The predicted molar refractivity (Wildman–Crippen MR) is 96.3 cm³/mol. The van der Waals surface area contributed by atoms with Crippen molar-refractivity contribution in [2.75, 3.05) is 18.1 Å². The van der Waals surface area contributed by atoms with Gasteiger partial charge in [-0.1, -0.05) is 18.2 Å². The monoisotopic (exact) mass is 356 g/mol. The third kappa shape index (κ3) is 4.02. The molecule has 0 bridgehead atoms. The Balaban J connectivity index is 1.60. The second-order valence-electron chi connectivity index (χ2n) is 6.14. The summed E-state index contributed by atoms with van der Waals surface area (Å²) in [6.45, 7) is 2.91. The summed E-state index contributed by atoms with van der Waals surface area (Å²) in [5.41, 5.74) is 1.16. The van der Waals surface area contributed by atoms with E-state index in [0.29, 0.717) is 18.7 Å². The van der Waals surface area contributed by atoms with E-state index in [2.05, 4.69) is 5.32 Å².